The van der Waals surface area contributed by atoms with Crippen molar-refractivity contribution in [3.05, 3.63) is 0 Å². The zero-order valence-electron chi connectivity index (χ0n) is 16.0. The Labute approximate surface area is 163 Å². The van der Waals surface area contributed by atoms with Crippen LogP contribution in [0.2, 0.25) is 0 Å². The molecule has 10 heteroatoms. The fourth-order valence-electron chi connectivity index (χ4n) is 2.92. The lowest BCUT2D eigenvalue weighted by molar-refractivity contribution is -0.136. The summed E-state index contributed by atoms with van der Waals surface area (Å²) >= 11 is 5.59. The number of alkyl halides is 1. The maximum absolute atomic E-state index is 12.5. The van der Waals surface area contributed by atoms with Crippen molar-refractivity contribution in [3.63, 3.8) is 0 Å². The molecular formula is C17H27ClN4O5. The summed E-state index contributed by atoms with van der Waals surface area (Å²) in [6.45, 7) is 6.45. The van der Waals surface area contributed by atoms with E-state index in [4.69, 9.17) is 11.6 Å². The Morgan fingerprint density at radius 2 is 1.63 bits per heavy atom. The highest BCUT2D eigenvalue weighted by atomic mass is 35.5. The van der Waals surface area contributed by atoms with Crippen molar-refractivity contribution in [1.29, 1.82) is 0 Å². The van der Waals surface area contributed by atoms with Gasteiger partial charge in [0.1, 0.15) is 12.1 Å². The van der Waals surface area contributed by atoms with E-state index in [1.165, 1.54) is 20.8 Å². The Bertz CT molecular complexity index is 612. The maximum atomic E-state index is 12.5. The molecule has 0 saturated carbocycles. The first-order valence-corrected chi connectivity index (χ1v) is 9.38. The van der Waals surface area contributed by atoms with Crippen molar-refractivity contribution >= 4 is 41.0 Å². The molecule has 152 valence electrons. The Morgan fingerprint density at radius 3 is 2.19 bits per heavy atom. The van der Waals surface area contributed by atoms with Gasteiger partial charge in [0.25, 0.3) is 0 Å². The number of amides is 4. The van der Waals surface area contributed by atoms with Crippen molar-refractivity contribution in [3.8, 4) is 0 Å². The summed E-state index contributed by atoms with van der Waals surface area (Å²) in [5.41, 5.74) is 0. The summed E-state index contributed by atoms with van der Waals surface area (Å²) in [6.07, 6.45) is 1.26. The fraction of sp³-hybridized carbons (Fsp3) is 0.706. The van der Waals surface area contributed by atoms with Crippen LogP contribution in [0.15, 0.2) is 0 Å². The highest BCUT2D eigenvalue weighted by Gasteiger charge is 2.37. The predicted molar refractivity (Wildman–Crippen MR) is 99.0 cm³/mol. The van der Waals surface area contributed by atoms with E-state index in [-0.39, 0.29) is 17.6 Å². The third-order valence-corrected chi connectivity index (χ3v) is 4.77. The minimum absolute atomic E-state index is 0.138. The van der Waals surface area contributed by atoms with Gasteiger partial charge in [-0.3, -0.25) is 34.2 Å². The number of halogens is 1. The molecule has 0 aromatic carbocycles. The van der Waals surface area contributed by atoms with Crippen LogP contribution in [0, 0.1) is 0 Å². The minimum atomic E-state index is -0.964. The largest absolute Gasteiger partial charge is 0.345 e. The number of likely N-dealkylation sites (tertiary alicyclic amines) is 1. The molecular weight excluding hydrogens is 376 g/mol. The second kappa shape index (κ2) is 10.4. The minimum Gasteiger partial charge on any atom is -0.345 e. The number of hydrogen-bond acceptors (Lipinski definition) is 6. The monoisotopic (exact) mass is 402 g/mol. The zero-order chi connectivity index (χ0) is 20.7. The van der Waals surface area contributed by atoms with E-state index >= 15 is 0 Å². The number of nitrogens with one attached hydrogen (secondary N) is 3. The average molecular weight is 403 g/mol. The second-order valence-corrected chi connectivity index (χ2v) is 6.95. The normalized spacial score (nSPS) is 20.3. The van der Waals surface area contributed by atoms with E-state index in [0.717, 1.165) is 6.42 Å². The van der Waals surface area contributed by atoms with E-state index in [9.17, 15) is 24.0 Å². The number of carbonyl (C=O) groups excluding carboxylic acids is 5. The van der Waals surface area contributed by atoms with E-state index in [1.807, 2.05) is 0 Å². The molecule has 0 aromatic rings. The topological polar surface area (TPSA) is 125 Å². The third kappa shape index (κ3) is 6.59. The lowest BCUT2D eigenvalue weighted by Crippen LogP contribution is -2.55. The number of rotatable bonds is 8. The number of carbonyl (C=O) groups is 5. The van der Waals surface area contributed by atoms with Gasteiger partial charge in [0.15, 0.2) is 5.78 Å². The first-order valence-electron chi connectivity index (χ1n) is 8.85. The SMILES string of the molecule is CC(=O)N[C@@H](C)C(=O)N[C@@H](C)C(=O)NC(=O)[C@@H]1CCCN1[C@@H](C)C(=O)CCl. The molecule has 4 amide bonds. The van der Waals surface area contributed by atoms with Gasteiger partial charge in [0.2, 0.25) is 23.6 Å². The number of nitrogens with zero attached hydrogens (tertiary/aromatic N) is 1. The molecule has 4 atom stereocenters. The van der Waals surface area contributed by atoms with Crippen LogP contribution in [-0.4, -0.2) is 70.9 Å². The summed E-state index contributed by atoms with van der Waals surface area (Å²) in [5.74, 6) is -2.40. The standard InChI is InChI=1S/C17H27ClN4O5/c1-9(19-12(4)23)15(25)20-10(2)16(26)21-17(27)13-6-5-7-22(13)11(3)14(24)8-18/h9-11,13H,5-8H2,1-4H3,(H,19,23)(H,20,25)(H,21,26,27)/t9-,10-,11-,13-/m0/s1. The molecule has 27 heavy (non-hydrogen) atoms. The van der Waals surface area contributed by atoms with E-state index in [0.29, 0.717) is 13.0 Å². The molecule has 1 aliphatic rings. The van der Waals surface area contributed by atoms with Gasteiger partial charge in [0, 0.05) is 6.92 Å². The van der Waals surface area contributed by atoms with Gasteiger partial charge >= 0.3 is 0 Å². The van der Waals surface area contributed by atoms with Gasteiger partial charge < -0.3 is 10.6 Å². The first kappa shape index (κ1) is 23.0. The molecule has 1 heterocycles. The molecule has 1 aliphatic heterocycles. The first-order chi connectivity index (χ1) is 12.6. The predicted octanol–water partition coefficient (Wildman–Crippen LogP) is -0.681. The number of hydrogen-bond donors (Lipinski definition) is 3. The van der Waals surface area contributed by atoms with Gasteiger partial charge in [-0.2, -0.15) is 0 Å². The van der Waals surface area contributed by atoms with Crippen LogP contribution in [-0.2, 0) is 24.0 Å². The highest BCUT2D eigenvalue weighted by Crippen LogP contribution is 2.21. The average Bonchev–Trinajstić information content (AvgIpc) is 3.09. The van der Waals surface area contributed by atoms with E-state index < -0.39 is 41.9 Å². The number of Topliss-reactive ketones (excluding diaryl/α,β-unsaturated/α-hetero) is 1. The Balaban J connectivity index is 2.62. The number of imide groups is 1. The maximum Gasteiger partial charge on any atom is 0.248 e. The Morgan fingerprint density at radius 1 is 1.04 bits per heavy atom. The molecule has 0 bridgehead atoms. The molecule has 0 unspecified atom stereocenters. The molecule has 1 rings (SSSR count). The quantitative estimate of drug-likeness (QED) is 0.462. The summed E-state index contributed by atoms with van der Waals surface area (Å²) in [5, 5.41) is 7.13. The molecule has 0 radical (unpaired) electrons. The van der Waals surface area contributed by atoms with Crippen LogP contribution in [0.4, 0.5) is 0 Å². The van der Waals surface area contributed by atoms with Crippen LogP contribution in [0.3, 0.4) is 0 Å². The molecule has 1 saturated heterocycles. The van der Waals surface area contributed by atoms with Crippen molar-refractivity contribution in [2.24, 2.45) is 0 Å². The molecule has 0 spiro atoms. The lowest BCUT2D eigenvalue weighted by Gasteiger charge is -2.28. The molecule has 3 N–H and O–H groups in total. The van der Waals surface area contributed by atoms with Crippen LogP contribution >= 0.6 is 11.6 Å². The van der Waals surface area contributed by atoms with Crippen molar-refractivity contribution < 1.29 is 24.0 Å². The van der Waals surface area contributed by atoms with Gasteiger partial charge in [-0.15, -0.1) is 11.6 Å². The van der Waals surface area contributed by atoms with E-state index in [2.05, 4.69) is 16.0 Å². The summed E-state index contributed by atoms with van der Waals surface area (Å²) in [6, 6.07) is -2.88. The van der Waals surface area contributed by atoms with Crippen molar-refractivity contribution in [1.82, 2.24) is 20.9 Å². The summed E-state index contributed by atoms with van der Waals surface area (Å²) in [4.78, 5) is 61.1. The van der Waals surface area contributed by atoms with Crippen LogP contribution < -0.4 is 16.0 Å². The van der Waals surface area contributed by atoms with Crippen molar-refractivity contribution in [2.45, 2.75) is 64.7 Å². The smallest absolute Gasteiger partial charge is 0.248 e. The van der Waals surface area contributed by atoms with Gasteiger partial charge in [-0.1, -0.05) is 0 Å². The molecule has 0 aromatic heterocycles. The van der Waals surface area contributed by atoms with Crippen molar-refractivity contribution in [2.75, 3.05) is 12.4 Å². The van der Waals surface area contributed by atoms with Crippen LogP contribution in [0.5, 0.6) is 0 Å². The number of ketones is 1. The summed E-state index contributed by atoms with van der Waals surface area (Å²) in [7, 11) is 0. The highest BCUT2D eigenvalue weighted by molar-refractivity contribution is 6.28. The van der Waals surface area contributed by atoms with Crippen LogP contribution in [0.25, 0.3) is 0 Å². The Kier molecular flexibility index (Phi) is 8.84. The van der Waals surface area contributed by atoms with E-state index in [1.54, 1.807) is 11.8 Å². The molecule has 9 nitrogen and oxygen atoms in total. The zero-order valence-corrected chi connectivity index (χ0v) is 16.8. The summed E-state index contributed by atoms with van der Waals surface area (Å²) < 4.78 is 0. The lowest BCUT2D eigenvalue weighted by atomic mass is 10.1. The van der Waals surface area contributed by atoms with Gasteiger partial charge in [0.05, 0.1) is 18.0 Å². The third-order valence-electron chi connectivity index (χ3n) is 4.50. The fourth-order valence-corrected chi connectivity index (χ4v) is 3.14. The van der Waals surface area contributed by atoms with Gasteiger partial charge in [-0.25, -0.2) is 0 Å². The van der Waals surface area contributed by atoms with Crippen LogP contribution in [0.1, 0.15) is 40.5 Å². The van der Waals surface area contributed by atoms with Gasteiger partial charge in [-0.05, 0) is 40.2 Å². The Hall–Kier alpha value is -2.00. The molecule has 1 fully saturated rings. The molecule has 0 aliphatic carbocycles. The second-order valence-electron chi connectivity index (χ2n) is 6.68.